The third-order valence-corrected chi connectivity index (χ3v) is 3.86. The van der Waals surface area contributed by atoms with Crippen molar-refractivity contribution in [3.05, 3.63) is 0 Å². The van der Waals surface area contributed by atoms with Gasteiger partial charge in [0, 0.05) is 7.11 Å². The lowest BCUT2D eigenvalue weighted by Gasteiger charge is -2.42. The third-order valence-electron chi connectivity index (χ3n) is 2.95. The fourth-order valence-corrected chi connectivity index (χ4v) is 2.86. The van der Waals surface area contributed by atoms with Crippen LogP contribution in [0.25, 0.3) is 0 Å². The van der Waals surface area contributed by atoms with Crippen LogP contribution in [0.3, 0.4) is 0 Å². The van der Waals surface area contributed by atoms with Crippen molar-refractivity contribution >= 4 is 28.0 Å². The highest BCUT2D eigenvalue weighted by Crippen LogP contribution is 2.30. The molecule has 20 heavy (non-hydrogen) atoms. The number of carbonyl (C=O) groups is 2. The van der Waals surface area contributed by atoms with Gasteiger partial charge in [0.15, 0.2) is 0 Å². The molecular formula is C13H22BrNO5. The first kappa shape index (κ1) is 17.2. The Hall–Kier alpha value is -0.820. The second kappa shape index (κ2) is 6.76. The van der Waals surface area contributed by atoms with E-state index >= 15 is 0 Å². The number of piperidine rings is 1. The molecule has 0 aromatic rings. The van der Waals surface area contributed by atoms with Crippen LogP contribution < -0.4 is 0 Å². The van der Waals surface area contributed by atoms with E-state index in [1.807, 2.05) is 0 Å². The average Bonchev–Trinajstić information content (AvgIpc) is 2.35. The number of ether oxygens (including phenoxy) is 3. The van der Waals surface area contributed by atoms with Crippen molar-refractivity contribution in [2.75, 3.05) is 14.2 Å². The number of rotatable bonds is 2. The summed E-state index contributed by atoms with van der Waals surface area (Å²) in [5.41, 5.74) is -0.644. The molecule has 0 bridgehead atoms. The first-order valence-corrected chi connectivity index (χ1v) is 7.39. The molecule has 7 heteroatoms. The summed E-state index contributed by atoms with van der Waals surface area (Å²) in [5.74, 6) is -0.461. The van der Waals surface area contributed by atoms with Crippen LogP contribution in [-0.4, -0.2) is 53.9 Å². The lowest BCUT2D eigenvalue weighted by Crippen LogP contribution is -2.59. The zero-order valence-corrected chi connectivity index (χ0v) is 14.1. The van der Waals surface area contributed by atoms with Gasteiger partial charge in [-0.25, -0.2) is 9.59 Å². The van der Waals surface area contributed by atoms with E-state index in [1.165, 1.54) is 19.1 Å². The molecule has 1 heterocycles. The number of nitrogens with zero attached hydrogens (tertiary/aromatic N) is 1. The molecule has 1 rings (SSSR count). The van der Waals surface area contributed by atoms with Gasteiger partial charge in [-0.15, -0.1) is 0 Å². The van der Waals surface area contributed by atoms with Gasteiger partial charge in [0.2, 0.25) is 0 Å². The molecule has 0 saturated carbocycles. The molecular weight excluding hydrogens is 330 g/mol. The van der Waals surface area contributed by atoms with Gasteiger partial charge in [-0.2, -0.15) is 0 Å². The maximum absolute atomic E-state index is 12.4. The highest BCUT2D eigenvalue weighted by atomic mass is 79.9. The number of hydrogen-bond acceptors (Lipinski definition) is 5. The maximum atomic E-state index is 12.4. The maximum Gasteiger partial charge on any atom is 0.413 e. The fourth-order valence-electron chi connectivity index (χ4n) is 2.12. The third kappa shape index (κ3) is 4.09. The predicted molar refractivity (Wildman–Crippen MR) is 76.6 cm³/mol. The Balaban J connectivity index is 3.01. The minimum atomic E-state index is -0.686. The van der Waals surface area contributed by atoms with Gasteiger partial charge in [-0.3, -0.25) is 4.90 Å². The number of alkyl halides is 1. The number of amides is 1. The summed E-state index contributed by atoms with van der Waals surface area (Å²) in [6, 6.07) is -0.686. The Labute approximate surface area is 127 Å². The van der Waals surface area contributed by atoms with E-state index in [9.17, 15) is 9.59 Å². The lowest BCUT2D eigenvalue weighted by atomic mass is 10.0. The lowest BCUT2D eigenvalue weighted by molar-refractivity contribution is -0.156. The molecule has 0 radical (unpaired) electrons. The van der Waals surface area contributed by atoms with Crippen LogP contribution in [-0.2, 0) is 19.0 Å². The van der Waals surface area contributed by atoms with E-state index in [2.05, 4.69) is 15.9 Å². The normalized spacial score (nSPS) is 27.1. The van der Waals surface area contributed by atoms with Crippen LogP contribution in [0.1, 0.15) is 33.6 Å². The number of halogens is 1. The van der Waals surface area contributed by atoms with Crippen LogP contribution in [0.4, 0.5) is 4.79 Å². The summed E-state index contributed by atoms with van der Waals surface area (Å²) < 4.78 is 15.5. The zero-order valence-electron chi connectivity index (χ0n) is 12.5. The van der Waals surface area contributed by atoms with Crippen LogP contribution in [0.15, 0.2) is 0 Å². The fraction of sp³-hybridized carbons (Fsp3) is 0.846. The Morgan fingerprint density at radius 3 is 2.25 bits per heavy atom. The van der Waals surface area contributed by atoms with E-state index in [0.29, 0.717) is 12.8 Å². The molecule has 0 aliphatic carbocycles. The SMILES string of the molecule is COC(=O)C1CCC(Br)C(OC)N1C(=O)OC(C)(C)C. The molecule has 3 unspecified atom stereocenters. The summed E-state index contributed by atoms with van der Waals surface area (Å²) in [5, 5.41) is 0. The van der Waals surface area contributed by atoms with Gasteiger partial charge in [0.05, 0.1) is 11.9 Å². The molecule has 0 spiro atoms. The molecule has 0 N–H and O–H groups in total. The minimum absolute atomic E-state index is 0.0547. The quantitative estimate of drug-likeness (QED) is 0.564. The monoisotopic (exact) mass is 351 g/mol. The number of hydrogen-bond donors (Lipinski definition) is 0. The van der Waals surface area contributed by atoms with Gasteiger partial charge in [0.25, 0.3) is 0 Å². The van der Waals surface area contributed by atoms with E-state index in [4.69, 9.17) is 14.2 Å². The molecule has 1 aliphatic rings. The van der Waals surface area contributed by atoms with Crippen molar-refractivity contribution < 1.29 is 23.8 Å². The van der Waals surface area contributed by atoms with Gasteiger partial charge >= 0.3 is 12.1 Å². The van der Waals surface area contributed by atoms with Crippen molar-refractivity contribution in [2.24, 2.45) is 0 Å². The standard InChI is InChI=1S/C13H22BrNO5/c1-13(2,3)20-12(17)15-9(11(16)19-5)7-6-8(14)10(15)18-4/h8-10H,6-7H2,1-5H3. The summed E-state index contributed by atoms with van der Waals surface area (Å²) in [4.78, 5) is 25.5. The molecule has 116 valence electrons. The van der Waals surface area contributed by atoms with Crippen molar-refractivity contribution in [1.29, 1.82) is 0 Å². The Morgan fingerprint density at radius 2 is 1.80 bits per heavy atom. The van der Waals surface area contributed by atoms with E-state index in [-0.39, 0.29) is 4.83 Å². The largest absolute Gasteiger partial charge is 0.467 e. The number of esters is 1. The van der Waals surface area contributed by atoms with Crippen molar-refractivity contribution in [2.45, 2.75) is 56.3 Å². The summed E-state index contributed by atoms with van der Waals surface area (Å²) >= 11 is 3.48. The van der Waals surface area contributed by atoms with Gasteiger partial charge in [-0.1, -0.05) is 15.9 Å². The van der Waals surface area contributed by atoms with Crippen molar-refractivity contribution in [3.63, 3.8) is 0 Å². The Kier molecular flexibility index (Phi) is 5.82. The van der Waals surface area contributed by atoms with Gasteiger partial charge in [-0.05, 0) is 33.6 Å². The van der Waals surface area contributed by atoms with Crippen LogP contribution in [0.2, 0.25) is 0 Å². The molecule has 3 atom stereocenters. The second-order valence-electron chi connectivity index (χ2n) is 5.65. The van der Waals surface area contributed by atoms with Crippen molar-refractivity contribution in [1.82, 2.24) is 4.90 Å². The molecule has 0 aromatic carbocycles. The second-order valence-corrected chi connectivity index (χ2v) is 6.82. The Morgan fingerprint density at radius 1 is 1.20 bits per heavy atom. The number of carbonyl (C=O) groups excluding carboxylic acids is 2. The smallest absolute Gasteiger partial charge is 0.413 e. The van der Waals surface area contributed by atoms with Crippen molar-refractivity contribution in [3.8, 4) is 0 Å². The first-order valence-electron chi connectivity index (χ1n) is 6.47. The summed E-state index contributed by atoms with van der Waals surface area (Å²) in [6.45, 7) is 5.32. The van der Waals surface area contributed by atoms with E-state index < -0.39 is 29.9 Å². The topological polar surface area (TPSA) is 65.1 Å². The van der Waals surface area contributed by atoms with E-state index in [1.54, 1.807) is 20.8 Å². The van der Waals surface area contributed by atoms with Crippen LogP contribution >= 0.6 is 15.9 Å². The minimum Gasteiger partial charge on any atom is -0.467 e. The summed E-state index contributed by atoms with van der Waals surface area (Å²) in [6.07, 6.45) is 0.0609. The molecule has 1 amide bonds. The predicted octanol–water partition coefficient (Wildman–Crippen LogP) is 2.29. The van der Waals surface area contributed by atoms with Gasteiger partial charge in [0.1, 0.15) is 17.9 Å². The van der Waals surface area contributed by atoms with E-state index in [0.717, 1.165) is 0 Å². The highest BCUT2D eigenvalue weighted by molar-refractivity contribution is 9.09. The zero-order chi connectivity index (χ0) is 15.5. The number of likely N-dealkylation sites (tertiary alicyclic amines) is 1. The van der Waals surface area contributed by atoms with Crippen LogP contribution in [0, 0.1) is 0 Å². The summed E-state index contributed by atoms with van der Waals surface area (Å²) in [7, 11) is 2.80. The highest BCUT2D eigenvalue weighted by Gasteiger charge is 2.44. The molecule has 6 nitrogen and oxygen atoms in total. The molecule has 1 aliphatic heterocycles. The Bertz CT molecular complexity index is 368. The van der Waals surface area contributed by atoms with Gasteiger partial charge < -0.3 is 14.2 Å². The molecule has 0 aromatic heterocycles. The average molecular weight is 352 g/mol. The number of methoxy groups -OCH3 is 2. The molecule has 1 fully saturated rings. The molecule has 1 saturated heterocycles. The first-order chi connectivity index (χ1) is 9.21. The van der Waals surface area contributed by atoms with Crippen LogP contribution in [0.5, 0.6) is 0 Å².